The van der Waals surface area contributed by atoms with Crippen molar-refractivity contribution in [3.63, 3.8) is 0 Å². The van der Waals surface area contributed by atoms with Gasteiger partial charge in [-0.25, -0.2) is 4.98 Å². The molecule has 3 nitrogen and oxygen atoms in total. The Bertz CT molecular complexity index is 568. The summed E-state index contributed by atoms with van der Waals surface area (Å²) in [5.74, 6) is 2.67. The number of nitrogen functional groups attached to an aromatic ring is 1. The third-order valence-corrected chi connectivity index (χ3v) is 3.70. The summed E-state index contributed by atoms with van der Waals surface area (Å²) in [6, 6.07) is 6.43. The van der Waals surface area contributed by atoms with Crippen LogP contribution < -0.4 is 5.73 Å². The molecule has 1 aromatic carbocycles. The highest BCUT2D eigenvalue weighted by Crippen LogP contribution is 2.47. The van der Waals surface area contributed by atoms with Crippen molar-refractivity contribution in [2.75, 3.05) is 5.73 Å². The summed E-state index contributed by atoms with van der Waals surface area (Å²) in [6.45, 7) is 6.71. The number of anilines is 1. The Labute approximate surface area is 102 Å². The van der Waals surface area contributed by atoms with Gasteiger partial charge < -0.3 is 10.3 Å². The molecule has 2 aromatic rings. The minimum atomic E-state index is 0.435. The fraction of sp³-hybridized carbons (Fsp3) is 0.500. The third kappa shape index (κ3) is 1.61. The topological polar surface area (TPSA) is 43.8 Å². The molecule has 0 radical (unpaired) electrons. The first-order valence-electron chi connectivity index (χ1n) is 6.35. The highest BCUT2D eigenvalue weighted by atomic mass is 15.1. The number of rotatable bonds is 2. The van der Waals surface area contributed by atoms with E-state index in [1.165, 1.54) is 17.8 Å². The molecule has 1 saturated carbocycles. The van der Waals surface area contributed by atoms with Crippen LogP contribution in [0.5, 0.6) is 0 Å². The lowest BCUT2D eigenvalue weighted by molar-refractivity contribution is 0.580. The lowest BCUT2D eigenvalue weighted by Crippen LogP contribution is -2.05. The molecule has 2 unspecified atom stereocenters. The largest absolute Gasteiger partial charge is 0.399 e. The first-order chi connectivity index (χ1) is 8.08. The van der Waals surface area contributed by atoms with Crippen LogP contribution in [0.15, 0.2) is 18.2 Å². The van der Waals surface area contributed by atoms with Crippen LogP contribution in [0.3, 0.4) is 0 Å². The molecule has 1 aliphatic carbocycles. The molecule has 0 spiro atoms. The van der Waals surface area contributed by atoms with Gasteiger partial charge in [0.15, 0.2) is 0 Å². The van der Waals surface area contributed by atoms with E-state index in [2.05, 4.69) is 25.3 Å². The van der Waals surface area contributed by atoms with Gasteiger partial charge in [0, 0.05) is 17.6 Å². The van der Waals surface area contributed by atoms with Crippen molar-refractivity contribution in [3.05, 3.63) is 24.0 Å². The Morgan fingerprint density at radius 1 is 1.41 bits per heavy atom. The summed E-state index contributed by atoms with van der Waals surface area (Å²) >= 11 is 0. The van der Waals surface area contributed by atoms with Gasteiger partial charge in [0.05, 0.1) is 11.0 Å². The number of aromatic nitrogens is 2. The van der Waals surface area contributed by atoms with Gasteiger partial charge in [0.2, 0.25) is 0 Å². The van der Waals surface area contributed by atoms with Gasteiger partial charge in [-0.05, 0) is 44.4 Å². The van der Waals surface area contributed by atoms with E-state index in [-0.39, 0.29) is 0 Å². The zero-order valence-corrected chi connectivity index (χ0v) is 10.6. The molecule has 3 rings (SSSR count). The van der Waals surface area contributed by atoms with Crippen molar-refractivity contribution in [2.24, 2.45) is 5.92 Å². The van der Waals surface area contributed by atoms with E-state index in [0.29, 0.717) is 12.0 Å². The number of fused-ring (bicyclic) bond motifs is 1. The maximum absolute atomic E-state index is 5.88. The van der Waals surface area contributed by atoms with Crippen LogP contribution in [0.2, 0.25) is 0 Å². The molecule has 90 valence electrons. The molecule has 1 aromatic heterocycles. The number of nitrogens with zero attached hydrogens (tertiary/aromatic N) is 2. The summed E-state index contributed by atoms with van der Waals surface area (Å²) in [4.78, 5) is 4.79. The molecular weight excluding hydrogens is 210 g/mol. The predicted molar refractivity (Wildman–Crippen MR) is 71.1 cm³/mol. The number of hydrogen-bond acceptors (Lipinski definition) is 2. The summed E-state index contributed by atoms with van der Waals surface area (Å²) in [5, 5.41) is 0. The molecule has 1 aliphatic rings. The average molecular weight is 229 g/mol. The molecule has 0 aliphatic heterocycles. The van der Waals surface area contributed by atoms with Crippen LogP contribution in [-0.2, 0) is 0 Å². The second-order valence-corrected chi connectivity index (χ2v) is 5.50. The molecule has 17 heavy (non-hydrogen) atoms. The van der Waals surface area contributed by atoms with E-state index >= 15 is 0 Å². The highest BCUT2D eigenvalue weighted by Gasteiger charge is 2.38. The average Bonchev–Trinajstić information content (AvgIpc) is 2.87. The zero-order chi connectivity index (χ0) is 12.2. The van der Waals surface area contributed by atoms with E-state index in [0.717, 1.165) is 17.1 Å². The number of benzene rings is 1. The molecule has 0 saturated heterocycles. The zero-order valence-electron chi connectivity index (χ0n) is 10.6. The second kappa shape index (κ2) is 3.49. The fourth-order valence-electron chi connectivity index (χ4n) is 2.61. The standard InChI is InChI=1S/C14H19N3/c1-8(2)17-13-7-10(15)4-5-12(13)16-14(17)11-6-9(11)3/h4-5,7-9,11H,6,15H2,1-3H3. The maximum atomic E-state index is 5.88. The van der Waals surface area contributed by atoms with Gasteiger partial charge in [-0.2, -0.15) is 0 Å². The van der Waals surface area contributed by atoms with Crippen molar-refractivity contribution in [1.29, 1.82) is 0 Å². The van der Waals surface area contributed by atoms with Gasteiger partial charge in [-0.1, -0.05) is 6.92 Å². The summed E-state index contributed by atoms with van der Waals surface area (Å²) in [7, 11) is 0. The Morgan fingerprint density at radius 2 is 2.12 bits per heavy atom. The van der Waals surface area contributed by atoms with Crippen LogP contribution in [0, 0.1) is 5.92 Å². The first-order valence-corrected chi connectivity index (χ1v) is 6.35. The van der Waals surface area contributed by atoms with Crippen LogP contribution in [-0.4, -0.2) is 9.55 Å². The van der Waals surface area contributed by atoms with Crippen molar-refractivity contribution in [1.82, 2.24) is 9.55 Å². The van der Waals surface area contributed by atoms with Crippen molar-refractivity contribution < 1.29 is 0 Å². The van der Waals surface area contributed by atoms with E-state index in [1.54, 1.807) is 0 Å². The van der Waals surface area contributed by atoms with Crippen molar-refractivity contribution in [2.45, 2.75) is 39.2 Å². The second-order valence-electron chi connectivity index (χ2n) is 5.50. The van der Waals surface area contributed by atoms with Crippen LogP contribution in [0.1, 0.15) is 45.0 Å². The van der Waals surface area contributed by atoms with Crippen LogP contribution >= 0.6 is 0 Å². The Kier molecular flexibility index (Phi) is 2.18. The minimum absolute atomic E-state index is 0.435. The first kappa shape index (κ1) is 10.6. The molecule has 1 heterocycles. The van der Waals surface area contributed by atoms with Crippen molar-refractivity contribution >= 4 is 16.7 Å². The molecular formula is C14H19N3. The fourth-order valence-corrected chi connectivity index (χ4v) is 2.61. The lowest BCUT2D eigenvalue weighted by Gasteiger charge is -2.13. The van der Waals surface area contributed by atoms with Crippen LogP contribution in [0.25, 0.3) is 11.0 Å². The molecule has 3 heteroatoms. The van der Waals surface area contributed by atoms with Gasteiger partial charge in [0.1, 0.15) is 5.82 Å². The number of hydrogen-bond donors (Lipinski definition) is 1. The minimum Gasteiger partial charge on any atom is -0.399 e. The Morgan fingerprint density at radius 3 is 2.71 bits per heavy atom. The Hall–Kier alpha value is -1.51. The molecule has 2 atom stereocenters. The molecule has 0 amide bonds. The van der Waals surface area contributed by atoms with Gasteiger partial charge in [-0.3, -0.25) is 0 Å². The SMILES string of the molecule is CC1CC1c1nc2ccc(N)cc2n1C(C)C. The summed E-state index contributed by atoms with van der Waals surface area (Å²) < 4.78 is 2.35. The number of nitrogens with two attached hydrogens (primary N) is 1. The normalized spacial score (nSPS) is 23.5. The van der Waals surface area contributed by atoms with Crippen molar-refractivity contribution in [3.8, 4) is 0 Å². The Balaban J connectivity index is 2.24. The smallest absolute Gasteiger partial charge is 0.113 e. The summed E-state index contributed by atoms with van der Waals surface area (Å²) in [6.07, 6.45) is 1.27. The molecule has 0 bridgehead atoms. The lowest BCUT2D eigenvalue weighted by atomic mass is 10.2. The monoisotopic (exact) mass is 229 g/mol. The van der Waals surface area contributed by atoms with E-state index in [1.807, 2.05) is 18.2 Å². The third-order valence-electron chi connectivity index (χ3n) is 3.70. The maximum Gasteiger partial charge on any atom is 0.113 e. The van der Waals surface area contributed by atoms with Gasteiger partial charge in [0.25, 0.3) is 0 Å². The van der Waals surface area contributed by atoms with E-state index in [4.69, 9.17) is 10.7 Å². The van der Waals surface area contributed by atoms with E-state index < -0.39 is 0 Å². The van der Waals surface area contributed by atoms with E-state index in [9.17, 15) is 0 Å². The molecule has 2 N–H and O–H groups in total. The number of imidazole rings is 1. The predicted octanol–water partition coefficient (Wildman–Crippen LogP) is 3.32. The van der Waals surface area contributed by atoms with Gasteiger partial charge in [-0.15, -0.1) is 0 Å². The summed E-state index contributed by atoms with van der Waals surface area (Å²) in [5.41, 5.74) is 8.94. The van der Waals surface area contributed by atoms with Crippen LogP contribution in [0.4, 0.5) is 5.69 Å². The van der Waals surface area contributed by atoms with Gasteiger partial charge >= 0.3 is 0 Å². The highest BCUT2D eigenvalue weighted by molar-refractivity contribution is 5.80. The quantitative estimate of drug-likeness (QED) is 0.803. The molecule has 1 fully saturated rings.